The van der Waals surface area contributed by atoms with Crippen LogP contribution in [0.2, 0.25) is 0 Å². The smallest absolute Gasteiger partial charge is 0.323 e. The molecule has 0 radical (unpaired) electrons. The number of hydrogen-bond donors (Lipinski definition) is 3. The summed E-state index contributed by atoms with van der Waals surface area (Å²) in [4.78, 5) is 41.0. The van der Waals surface area contributed by atoms with Gasteiger partial charge in [-0.05, 0) is 37.6 Å². The van der Waals surface area contributed by atoms with Crippen molar-refractivity contribution >= 4 is 17.8 Å². The van der Waals surface area contributed by atoms with Crippen molar-refractivity contribution in [1.29, 1.82) is 0 Å². The Bertz CT molecular complexity index is 1110. The van der Waals surface area contributed by atoms with Crippen molar-refractivity contribution in [2.75, 3.05) is 13.7 Å². The number of halogens is 1. The van der Waals surface area contributed by atoms with Crippen LogP contribution < -0.4 is 20.7 Å². The van der Waals surface area contributed by atoms with E-state index in [1.54, 1.807) is 38.2 Å². The first-order chi connectivity index (χ1) is 14.3. The highest BCUT2D eigenvalue weighted by atomic mass is 19.1. The number of hydrogen-bond acceptors (Lipinski definition) is 5. The van der Waals surface area contributed by atoms with E-state index in [0.717, 1.165) is 0 Å². The molecule has 1 aromatic heterocycles. The van der Waals surface area contributed by atoms with Gasteiger partial charge in [0.25, 0.3) is 11.8 Å². The van der Waals surface area contributed by atoms with E-state index in [-0.39, 0.29) is 17.9 Å². The number of aryl methyl sites for hydroxylation is 2. The fourth-order valence-electron chi connectivity index (χ4n) is 2.93. The fraction of sp³-hybridized carbons (Fsp3) is 0.238. The van der Waals surface area contributed by atoms with Gasteiger partial charge in [-0.25, -0.2) is 9.18 Å². The van der Waals surface area contributed by atoms with E-state index in [2.05, 4.69) is 32.8 Å². The zero-order valence-electron chi connectivity index (χ0n) is 16.6. The van der Waals surface area contributed by atoms with Crippen LogP contribution >= 0.6 is 0 Å². The predicted molar refractivity (Wildman–Crippen MR) is 105 cm³/mol. The second-order valence-corrected chi connectivity index (χ2v) is 6.66. The van der Waals surface area contributed by atoms with E-state index in [9.17, 15) is 18.8 Å². The van der Waals surface area contributed by atoms with Crippen LogP contribution in [0.5, 0.6) is 5.75 Å². The van der Waals surface area contributed by atoms with E-state index < -0.39 is 29.2 Å². The Morgan fingerprint density at radius 1 is 1.30 bits per heavy atom. The van der Waals surface area contributed by atoms with Gasteiger partial charge in [0.15, 0.2) is 17.1 Å². The number of methoxy groups -OCH3 is 1. The van der Waals surface area contributed by atoms with Gasteiger partial charge in [-0.3, -0.25) is 19.9 Å². The lowest BCUT2D eigenvalue weighted by molar-refractivity contribution is -0.121. The standard InChI is InChI=1S/C21H19FN4O4/c1-12-6-7-15(30-3)17(22)16(12)18(27)24-11-21(19(28)25-20(29)26-21)9-8-14-5-4-10-23-13(14)2/h4-7,10H,11H2,1-3H3,(H,24,27)(H2,25,26,28,29)/t21-/m1/s1. The average molecular weight is 410 g/mol. The summed E-state index contributed by atoms with van der Waals surface area (Å²) in [5.74, 6) is 3.15. The molecule has 1 aliphatic heterocycles. The molecule has 0 unspecified atom stereocenters. The van der Waals surface area contributed by atoms with Crippen molar-refractivity contribution in [3.8, 4) is 17.6 Å². The van der Waals surface area contributed by atoms with Gasteiger partial charge in [0, 0.05) is 11.8 Å². The van der Waals surface area contributed by atoms with Crippen molar-refractivity contribution in [3.63, 3.8) is 0 Å². The molecule has 3 N–H and O–H groups in total. The lowest BCUT2D eigenvalue weighted by Crippen LogP contribution is -2.54. The molecule has 0 bridgehead atoms. The molecule has 0 aliphatic carbocycles. The lowest BCUT2D eigenvalue weighted by atomic mass is 9.99. The maximum absolute atomic E-state index is 14.6. The molecular weight excluding hydrogens is 391 g/mol. The normalized spacial score (nSPS) is 17.5. The Labute approximate surface area is 172 Å². The van der Waals surface area contributed by atoms with Gasteiger partial charge >= 0.3 is 6.03 Å². The summed E-state index contributed by atoms with van der Waals surface area (Å²) in [5.41, 5.74) is -0.338. The quantitative estimate of drug-likeness (QED) is 0.519. The highest BCUT2D eigenvalue weighted by Crippen LogP contribution is 2.23. The average Bonchev–Trinajstić information content (AvgIpc) is 2.99. The maximum atomic E-state index is 14.6. The number of nitrogens with one attached hydrogen (secondary N) is 3. The molecule has 1 aromatic carbocycles. The molecule has 0 saturated carbocycles. The minimum Gasteiger partial charge on any atom is -0.494 e. The van der Waals surface area contributed by atoms with Crippen LogP contribution in [0.4, 0.5) is 9.18 Å². The van der Waals surface area contributed by atoms with Crippen molar-refractivity contribution in [2.45, 2.75) is 19.4 Å². The molecule has 9 heteroatoms. The molecule has 3 rings (SSSR count). The van der Waals surface area contributed by atoms with Gasteiger partial charge in [0.2, 0.25) is 0 Å². The number of nitrogens with zero attached hydrogens (tertiary/aromatic N) is 1. The fourth-order valence-corrected chi connectivity index (χ4v) is 2.93. The maximum Gasteiger partial charge on any atom is 0.323 e. The van der Waals surface area contributed by atoms with E-state index in [4.69, 9.17) is 4.74 Å². The first-order valence-electron chi connectivity index (χ1n) is 8.97. The molecule has 1 atom stereocenters. The molecule has 1 fully saturated rings. The highest BCUT2D eigenvalue weighted by molar-refractivity contribution is 6.10. The van der Waals surface area contributed by atoms with Crippen LogP contribution in [0.25, 0.3) is 0 Å². The zero-order chi connectivity index (χ0) is 21.9. The second-order valence-electron chi connectivity index (χ2n) is 6.66. The molecule has 2 heterocycles. The molecular formula is C21H19FN4O4. The summed E-state index contributed by atoms with van der Waals surface area (Å²) in [5, 5.41) is 7.04. The highest BCUT2D eigenvalue weighted by Gasteiger charge is 2.45. The minimum absolute atomic E-state index is 0.0841. The van der Waals surface area contributed by atoms with Crippen molar-refractivity contribution in [1.82, 2.24) is 20.9 Å². The third-order valence-corrected chi connectivity index (χ3v) is 4.64. The van der Waals surface area contributed by atoms with Crippen molar-refractivity contribution in [3.05, 3.63) is 58.7 Å². The van der Waals surface area contributed by atoms with Crippen molar-refractivity contribution in [2.24, 2.45) is 0 Å². The molecule has 4 amide bonds. The SMILES string of the molecule is COc1ccc(C)c(C(=O)NC[C@@]2(C#Cc3cccnc3C)NC(=O)NC2=O)c1F. The molecule has 0 spiro atoms. The third kappa shape index (κ3) is 3.93. The van der Waals surface area contributed by atoms with Gasteiger partial charge < -0.3 is 15.4 Å². The van der Waals surface area contributed by atoms with Gasteiger partial charge in [0.1, 0.15) is 0 Å². The summed E-state index contributed by atoms with van der Waals surface area (Å²) in [6.45, 7) is 2.95. The summed E-state index contributed by atoms with van der Waals surface area (Å²) in [6, 6.07) is 5.62. The number of aromatic nitrogens is 1. The van der Waals surface area contributed by atoms with Crippen LogP contribution in [-0.4, -0.2) is 42.0 Å². The lowest BCUT2D eigenvalue weighted by Gasteiger charge is -2.21. The second kappa shape index (κ2) is 8.21. The van der Waals surface area contributed by atoms with Crippen LogP contribution in [0, 0.1) is 31.5 Å². The Morgan fingerprint density at radius 2 is 2.07 bits per heavy atom. The largest absolute Gasteiger partial charge is 0.494 e. The van der Waals surface area contributed by atoms with Gasteiger partial charge in [-0.2, -0.15) is 0 Å². The number of carbonyl (C=O) groups is 3. The Balaban J connectivity index is 1.90. The number of carbonyl (C=O) groups excluding carboxylic acids is 3. The van der Waals surface area contributed by atoms with Gasteiger partial charge in [-0.15, -0.1) is 0 Å². The van der Waals surface area contributed by atoms with E-state index >= 15 is 0 Å². The summed E-state index contributed by atoms with van der Waals surface area (Å²) >= 11 is 0. The number of amides is 4. The van der Waals surface area contributed by atoms with Crippen LogP contribution in [-0.2, 0) is 4.79 Å². The number of benzene rings is 1. The monoisotopic (exact) mass is 410 g/mol. The van der Waals surface area contributed by atoms with Crippen molar-refractivity contribution < 1.29 is 23.5 Å². The summed E-state index contributed by atoms with van der Waals surface area (Å²) < 4.78 is 19.5. The number of ether oxygens (including phenoxy) is 1. The molecule has 154 valence electrons. The van der Waals surface area contributed by atoms with E-state index in [1.165, 1.54) is 13.2 Å². The van der Waals surface area contributed by atoms with Gasteiger partial charge in [0.05, 0.1) is 24.9 Å². The number of rotatable bonds is 4. The zero-order valence-corrected chi connectivity index (χ0v) is 16.6. The molecule has 2 aromatic rings. The number of pyridine rings is 1. The Morgan fingerprint density at radius 3 is 2.70 bits per heavy atom. The van der Waals surface area contributed by atoms with Crippen LogP contribution in [0.1, 0.15) is 27.2 Å². The van der Waals surface area contributed by atoms with Crippen LogP contribution in [0.15, 0.2) is 30.5 Å². The third-order valence-electron chi connectivity index (χ3n) is 4.64. The molecule has 30 heavy (non-hydrogen) atoms. The first kappa shape index (κ1) is 20.8. The van der Waals surface area contributed by atoms with E-state index in [0.29, 0.717) is 16.8 Å². The topological polar surface area (TPSA) is 109 Å². The molecule has 1 aliphatic rings. The Hall–Kier alpha value is -3.93. The van der Waals surface area contributed by atoms with Crippen LogP contribution in [0.3, 0.4) is 0 Å². The number of urea groups is 1. The first-order valence-corrected chi connectivity index (χ1v) is 8.97. The predicted octanol–water partition coefficient (Wildman–Crippen LogP) is 1.21. The van der Waals surface area contributed by atoms with E-state index in [1.807, 2.05) is 0 Å². The molecule has 8 nitrogen and oxygen atoms in total. The summed E-state index contributed by atoms with van der Waals surface area (Å²) in [6.07, 6.45) is 1.60. The number of imide groups is 1. The Kier molecular flexibility index (Phi) is 5.69. The van der Waals surface area contributed by atoms with Gasteiger partial charge in [-0.1, -0.05) is 17.9 Å². The minimum atomic E-state index is -1.71. The summed E-state index contributed by atoms with van der Waals surface area (Å²) in [7, 11) is 1.29. The molecule has 1 saturated heterocycles.